The number of anilines is 1. The van der Waals surface area contributed by atoms with Gasteiger partial charge in [0, 0.05) is 5.69 Å². The zero-order valence-corrected chi connectivity index (χ0v) is 16.4. The van der Waals surface area contributed by atoms with Crippen molar-refractivity contribution < 1.29 is 17.6 Å². The number of aryl methyl sites for hydroxylation is 1. The number of nitrogens with one attached hydrogen (secondary N) is 3. The van der Waals surface area contributed by atoms with Gasteiger partial charge in [0.25, 0.3) is 0 Å². The fourth-order valence-corrected chi connectivity index (χ4v) is 3.35. The molecule has 0 saturated heterocycles. The first kappa shape index (κ1) is 20.3. The molecule has 0 saturated carbocycles. The molecular weight excluding hydrogens is 392 g/mol. The zero-order chi connectivity index (χ0) is 20.7. The Morgan fingerprint density at radius 1 is 1.03 bits per heavy atom. The number of hydrogen-bond donors (Lipinski definition) is 3. The number of carbonyl (C=O) groups is 1. The van der Waals surface area contributed by atoms with Crippen molar-refractivity contribution in [3.63, 3.8) is 0 Å². The molecule has 0 fully saturated rings. The van der Waals surface area contributed by atoms with Crippen LogP contribution in [-0.2, 0) is 16.6 Å². The Morgan fingerprint density at radius 2 is 1.76 bits per heavy atom. The maximum Gasteiger partial charge on any atom is 0.339 e. The Hall–Kier alpha value is -3.43. The summed E-state index contributed by atoms with van der Waals surface area (Å²) in [5.74, 6) is 0.783. The van der Waals surface area contributed by atoms with E-state index in [0.29, 0.717) is 17.2 Å². The van der Waals surface area contributed by atoms with Crippen LogP contribution in [0.4, 0.5) is 10.5 Å². The first-order valence-electron chi connectivity index (χ1n) is 8.72. The van der Waals surface area contributed by atoms with E-state index >= 15 is 0 Å². The summed E-state index contributed by atoms with van der Waals surface area (Å²) in [5.41, 5.74) is 3.94. The smallest absolute Gasteiger partial charge is 0.339 e. The summed E-state index contributed by atoms with van der Waals surface area (Å²) in [5, 5.41) is 6.41. The van der Waals surface area contributed by atoms with E-state index in [4.69, 9.17) is 4.42 Å². The third-order valence-corrected chi connectivity index (χ3v) is 5.26. The Labute approximate surface area is 168 Å². The molecule has 3 N–H and O–H groups in total. The van der Waals surface area contributed by atoms with Crippen LogP contribution >= 0.6 is 0 Å². The summed E-state index contributed by atoms with van der Waals surface area (Å²) in [6.07, 6.45) is 1.32. The molecule has 3 rings (SSSR count). The summed E-state index contributed by atoms with van der Waals surface area (Å²) in [7, 11) is -3.63. The van der Waals surface area contributed by atoms with Gasteiger partial charge >= 0.3 is 6.03 Å². The minimum Gasteiger partial charge on any atom is -0.459 e. The van der Waals surface area contributed by atoms with E-state index in [1.54, 1.807) is 60.7 Å². The van der Waals surface area contributed by atoms with Gasteiger partial charge in [0.2, 0.25) is 10.0 Å². The Bertz CT molecular complexity index is 1090. The highest BCUT2D eigenvalue weighted by atomic mass is 32.2. The highest BCUT2D eigenvalue weighted by molar-refractivity contribution is 7.89. The number of benzene rings is 2. The van der Waals surface area contributed by atoms with Gasteiger partial charge in [0.05, 0.1) is 17.7 Å². The number of hydrazone groups is 1. The number of rotatable bonds is 7. The summed E-state index contributed by atoms with van der Waals surface area (Å²) in [4.78, 5) is 11.9. The SMILES string of the molecule is Cc1ccc(S(=O)(=O)NCc2ccc(/C=N\NC(=O)Nc3ccccc3)o2)cc1. The number of nitrogens with zero attached hydrogens (tertiary/aromatic N) is 1. The molecule has 0 spiro atoms. The van der Waals surface area contributed by atoms with Gasteiger partial charge in [-0.3, -0.25) is 0 Å². The fourth-order valence-electron chi connectivity index (χ4n) is 2.36. The molecule has 8 nitrogen and oxygen atoms in total. The van der Waals surface area contributed by atoms with Crippen LogP contribution in [0.25, 0.3) is 0 Å². The van der Waals surface area contributed by atoms with E-state index in [2.05, 4.69) is 20.6 Å². The van der Waals surface area contributed by atoms with E-state index in [1.807, 2.05) is 13.0 Å². The Balaban J connectivity index is 1.50. The van der Waals surface area contributed by atoms with E-state index in [-0.39, 0.29) is 11.4 Å². The molecule has 0 unspecified atom stereocenters. The second-order valence-electron chi connectivity index (χ2n) is 6.13. The second kappa shape index (κ2) is 9.18. The van der Waals surface area contributed by atoms with Crippen LogP contribution in [0.3, 0.4) is 0 Å². The van der Waals surface area contributed by atoms with Crippen LogP contribution in [-0.4, -0.2) is 20.7 Å². The largest absolute Gasteiger partial charge is 0.459 e. The summed E-state index contributed by atoms with van der Waals surface area (Å²) in [6, 6.07) is 18.3. The van der Waals surface area contributed by atoms with Crippen molar-refractivity contribution in [3.8, 4) is 0 Å². The van der Waals surface area contributed by atoms with Crippen molar-refractivity contribution in [3.05, 3.63) is 83.8 Å². The van der Waals surface area contributed by atoms with Gasteiger partial charge in [-0.15, -0.1) is 0 Å². The lowest BCUT2D eigenvalue weighted by Crippen LogP contribution is -2.24. The molecule has 0 aliphatic rings. The van der Waals surface area contributed by atoms with Crippen molar-refractivity contribution in [2.75, 3.05) is 5.32 Å². The van der Waals surface area contributed by atoms with Gasteiger partial charge in [-0.05, 0) is 43.3 Å². The number of furan rings is 1. The van der Waals surface area contributed by atoms with Gasteiger partial charge in [0.15, 0.2) is 0 Å². The van der Waals surface area contributed by atoms with Crippen molar-refractivity contribution in [2.45, 2.75) is 18.4 Å². The number of urea groups is 1. The van der Waals surface area contributed by atoms with Crippen molar-refractivity contribution >= 4 is 28.0 Å². The Morgan fingerprint density at radius 3 is 2.48 bits per heavy atom. The van der Waals surface area contributed by atoms with E-state index in [0.717, 1.165) is 5.56 Å². The van der Waals surface area contributed by atoms with Gasteiger partial charge in [0.1, 0.15) is 11.5 Å². The maximum absolute atomic E-state index is 12.3. The normalized spacial score (nSPS) is 11.5. The number of hydrogen-bond acceptors (Lipinski definition) is 5. The molecule has 3 aromatic rings. The molecule has 0 aliphatic carbocycles. The first-order valence-corrected chi connectivity index (χ1v) is 10.2. The molecular formula is C20H20N4O4S. The average molecular weight is 412 g/mol. The van der Waals surface area contributed by atoms with Crippen LogP contribution < -0.4 is 15.5 Å². The standard InChI is InChI=1S/C20H20N4O4S/c1-15-7-11-19(12-8-15)29(26,27)22-14-18-10-9-17(28-18)13-21-24-20(25)23-16-5-3-2-4-6-16/h2-13,22H,14H2,1H3,(H2,23,24,25)/b21-13-. The van der Waals surface area contributed by atoms with Gasteiger partial charge in [-0.1, -0.05) is 35.9 Å². The molecule has 1 heterocycles. The fraction of sp³-hybridized carbons (Fsp3) is 0.100. The quantitative estimate of drug-likeness (QED) is 0.408. The molecule has 1 aromatic heterocycles. The monoisotopic (exact) mass is 412 g/mol. The van der Waals surface area contributed by atoms with Crippen molar-refractivity contribution in [1.82, 2.24) is 10.1 Å². The molecule has 0 atom stereocenters. The minimum absolute atomic E-state index is 0.00796. The molecule has 0 radical (unpaired) electrons. The first-order chi connectivity index (χ1) is 13.9. The summed E-state index contributed by atoms with van der Waals surface area (Å²) in [6.45, 7) is 1.88. The molecule has 2 amide bonds. The molecule has 150 valence electrons. The van der Waals surface area contributed by atoms with Crippen molar-refractivity contribution in [1.29, 1.82) is 0 Å². The molecule has 9 heteroatoms. The van der Waals surface area contributed by atoms with Gasteiger partial charge in [-0.2, -0.15) is 5.10 Å². The minimum atomic E-state index is -3.63. The third kappa shape index (κ3) is 6.03. The number of para-hydroxylation sites is 1. The lowest BCUT2D eigenvalue weighted by molar-refractivity contribution is 0.252. The lowest BCUT2D eigenvalue weighted by atomic mass is 10.2. The predicted molar refractivity (Wildman–Crippen MR) is 110 cm³/mol. The number of carbonyl (C=O) groups excluding carboxylic acids is 1. The third-order valence-electron chi connectivity index (χ3n) is 3.84. The van der Waals surface area contributed by atoms with E-state index in [1.165, 1.54) is 6.21 Å². The zero-order valence-electron chi connectivity index (χ0n) is 15.6. The number of amides is 2. The van der Waals surface area contributed by atoms with E-state index < -0.39 is 16.1 Å². The lowest BCUT2D eigenvalue weighted by Gasteiger charge is -2.05. The molecule has 29 heavy (non-hydrogen) atoms. The summed E-state index contributed by atoms with van der Waals surface area (Å²) >= 11 is 0. The number of sulfonamides is 1. The second-order valence-corrected chi connectivity index (χ2v) is 7.90. The maximum atomic E-state index is 12.3. The average Bonchev–Trinajstić information content (AvgIpc) is 3.15. The summed E-state index contributed by atoms with van der Waals surface area (Å²) < 4.78 is 32.5. The van der Waals surface area contributed by atoms with Crippen LogP contribution in [0, 0.1) is 6.92 Å². The topological polar surface area (TPSA) is 113 Å². The van der Waals surface area contributed by atoms with Crippen LogP contribution in [0.2, 0.25) is 0 Å². The molecule has 0 aliphatic heterocycles. The molecule has 0 bridgehead atoms. The predicted octanol–water partition coefficient (Wildman–Crippen LogP) is 3.22. The highest BCUT2D eigenvalue weighted by Crippen LogP contribution is 2.12. The molecule has 2 aromatic carbocycles. The highest BCUT2D eigenvalue weighted by Gasteiger charge is 2.14. The van der Waals surface area contributed by atoms with Gasteiger partial charge < -0.3 is 9.73 Å². The van der Waals surface area contributed by atoms with Gasteiger partial charge in [-0.25, -0.2) is 23.4 Å². The Kier molecular flexibility index (Phi) is 6.43. The van der Waals surface area contributed by atoms with Crippen LogP contribution in [0.5, 0.6) is 0 Å². The van der Waals surface area contributed by atoms with Crippen LogP contribution in [0.15, 0.2) is 81.1 Å². The van der Waals surface area contributed by atoms with Crippen molar-refractivity contribution in [2.24, 2.45) is 5.10 Å². The van der Waals surface area contributed by atoms with E-state index in [9.17, 15) is 13.2 Å². The van der Waals surface area contributed by atoms with Crippen LogP contribution in [0.1, 0.15) is 17.1 Å².